The van der Waals surface area contributed by atoms with E-state index in [-0.39, 0.29) is 11.7 Å². The van der Waals surface area contributed by atoms with Crippen molar-refractivity contribution in [3.63, 3.8) is 0 Å². The van der Waals surface area contributed by atoms with Crippen molar-refractivity contribution >= 4 is 12.1 Å². The first-order chi connectivity index (χ1) is 12.2. The highest BCUT2D eigenvalue weighted by molar-refractivity contribution is 5.89. The van der Waals surface area contributed by atoms with E-state index in [1.807, 2.05) is 20.8 Å². The van der Waals surface area contributed by atoms with Crippen molar-refractivity contribution in [3.05, 3.63) is 29.3 Å². The Bertz CT molecular complexity index is 646. The number of benzene rings is 1. The molecule has 1 aromatic carbocycles. The Morgan fingerprint density at radius 1 is 1.15 bits per heavy atom. The Morgan fingerprint density at radius 3 is 2.38 bits per heavy atom. The fourth-order valence-corrected chi connectivity index (χ4v) is 2.69. The van der Waals surface area contributed by atoms with Crippen LogP contribution in [0, 0.1) is 6.92 Å². The third-order valence-corrected chi connectivity index (χ3v) is 4.14. The number of carboxylic acid groups (broad SMARTS) is 1. The summed E-state index contributed by atoms with van der Waals surface area (Å²) in [6.07, 6.45) is -0.269. The molecule has 144 valence electrons. The summed E-state index contributed by atoms with van der Waals surface area (Å²) in [6, 6.07) is 5.08. The maximum atomic E-state index is 12.0. The van der Waals surface area contributed by atoms with E-state index in [2.05, 4.69) is 4.90 Å². The number of carboxylic acids is 1. The molecule has 26 heavy (non-hydrogen) atoms. The van der Waals surface area contributed by atoms with Crippen LogP contribution in [-0.2, 0) is 4.74 Å². The fourth-order valence-electron chi connectivity index (χ4n) is 2.69. The lowest BCUT2D eigenvalue weighted by atomic mass is 10.1. The highest BCUT2D eigenvalue weighted by Crippen LogP contribution is 2.18. The van der Waals surface area contributed by atoms with Crippen LogP contribution in [-0.4, -0.2) is 71.9 Å². The summed E-state index contributed by atoms with van der Waals surface area (Å²) in [5.74, 6) is -0.397. The second kappa shape index (κ2) is 8.40. The number of rotatable bonds is 5. The van der Waals surface area contributed by atoms with Crippen molar-refractivity contribution in [1.82, 2.24) is 9.80 Å². The first-order valence-corrected chi connectivity index (χ1v) is 8.83. The SMILES string of the molecule is Cc1ccc(OCCN2CCN(C(=O)OC(C)(C)C)CC2)cc1C(=O)O. The molecular weight excluding hydrogens is 336 g/mol. The summed E-state index contributed by atoms with van der Waals surface area (Å²) >= 11 is 0. The maximum Gasteiger partial charge on any atom is 0.410 e. The standard InChI is InChI=1S/C19H28N2O5/c1-14-5-6-15(13-16(14)17(22)23)25-12-11-20-7-9-21(10-8-20)18(24)26-19(2,3)4/h5-6,13H,7-12H2,1-4H3,(H,22,23). The minimum atomic E-state index is -0.953. The zero-order chi connectivity index (χ0) is 19.3. The number of aryl methyl sites for hydroxylation is 1. The number of carbonyl (C=O) groups is 2. The molecule has 0 aromatic heterocycles. The second-order valence-electron chi connectivity index (χ2n) is 7.44. The molecule has 0 radical (unpaired) electrons. The number of amides is 1. The zero-order valence-corrected chi connectivity index (χ0v) is 15.9. The van der Waals surface area contributed by atoms with Crippen LogP contribution in [0.4, 0.5) is 4.79 Å². The predicted molar refractivity (Wildman–Crippen MR) is 97.9 cm³/mol. The average Bonchev–Trinajstić information content (AvgIpc) is 2.55. The van der Waals surface area contributed by atoms with Gasteiger partial charge >= 0.3 is 12.1 Å². The van der Waals surface area contributed by atoms with Crippen LogP contribution in [0.2, 0.25) is 0 Å². The lowest BCUT2D eigenvalue weighted by Crippen LogP contribution is -2.50. The third-order valence-electron chi connectivity index (χ3n) is 4.14. The van der Waals surface area contributed by atoms with Gasteiger partial charge in [0.2, 0.25) is 0 Å². The Kier molecular flexibility index (Phi) is 6.47. The molecule has 1 aliphatic rings. The smallest absolute Gasteiger partial charge is 0.410 e. The van der Waals surface area contributed by atoms with Crippen LogP contribution in [0.1, 0.15) is 36.7 Å². The second-order valence-corrected chi connectivity index (χ2v) is 7.44. The molecule has 1 aromatic rings. The molecule has 1 N–H and O–H groups in total. The number of piperazine rings is 1. The Balaban J connectivity index is 1.75. The molecule has 0 bridgehead atoms. The molecule has 2 rings (SSSR count). The fraction of sp³-hybridized carbons (Fsp3) is 0.579. The molecule has 7 heteroatoms. The largest absolute Gasteiger partial charge is 0.492 e. The van der Waals surface area contributed by atoms with Gasteiger partial charge in [0.25, 0.3) is 0 Å². The van der Waals surface area contributed by atoms with E-state index >= 15 is 0 Å². The molecule has 0 saturated carbocycles. The molecule has 0 spiro atoms. The molecule has 1 heterocycles. The average molecular weight is 364 g/mol. The molecule has 0 unspecified atom stereocenters. The number of hydrogen-bond acceptors (Lipinski definition) is 5. The van der Waals surface area contributed by atoms with Gasteiger partial charge in [-0.05, 0) is 45.4 Å². The maximum absolute atomic E-state index is 12.0. The van der Waals surface area contributed by atoms with E-state index in [9.17, 15) is 9.59 Å². The van der Waals surface area contributed by atoms with Gasteiger partial charge in [0.05, 0.1) is 5.56 Å². The quantitative estimate of drug-likeness (QED) is 0.865. The summed E-state index contributed by atoms with van der Waals surface area (Å²) < 4.78 is 11.1. The van der Waals surface area contributed by atoms with Gasteiger partial charge < -0.3 is 19.5 Å². The number of hydrogen-bond donors (Lipinski definition) is 1. The molecule has 0 aliphatic carbocycles. The van der Waals surface area contributed by atoms with E-state index < -0.39 is 11.6 Å². The molecule has 1 amide bonds. The van der Waals surface area contributed by atoms with Crippen LogP contribution in [0.5, 0.6) is 5.75 Å². The third kappa shape index (κ3) is 5.91. The molecule has 0 atom stereocenters. The first kappa shape index (κ1) is 20.0. The van der Waals surface area contributed by atoms with E-state index in [0.29, 0.717) is 31.0 Å². The first-order valence-electron chi connectivity index (χ1n) is 8.83. The summed E-state index contributed by atoms with van der Waals surface area (Å²) in [7, 11) is 0. The summed E-state index contributed by atoms with van der Waals surface area (Å²) in [4.78, 5) is 27.1. The van der Waals surface area contributed by atoms with Crippen LogP contribution >= 0.6 is 0 Å². The predicted octanol–water partition coefficient (Wildman–Crippen LogP) is 2.62. The topological polar surface area (TPSA) is 79.3 Å². The molecular formula is C19H28N2O5. The van der Waals surface area contributed by atoms with Gasteiger partial charge in [-0.2, -0.15) is 0 Å². The highest BCUT2D eigenvalue weighted by Gasteiger charge is 2.25. The van der Waals surface area contributed by atoms with E-state index in [4.69, 9.17) is 14.6 Å². The van der Waals surface area contributed by atoms with E-state index in [1.54, 1.807) is 30.0 Å². The van der Waals surface area contributed by atoms with Gasteiger partial charge in [-0.1, -0.05) is 6.07 Å². The van der Waals surface area contributed by atoms with Gasteiger partial charge in [0.15, 0.2) is 0 Å². The lowest BCUT2D eigenvalue weighted by Gasteiger charge is -2.35. The van der Waals surface area contributed by atoms with Crippen molar-refractivity contribution in [2.75, 3.05) is 39.3 Å². The number of carbonyl (C=O) groups excluding carboxylic acids is 1. The van der Waals surface area contributed by atoms with Crippen molar-refractivity contribution in [2.45, 2.75) is 33.3 Å². The van der Waals surface area contributed by atoms with Gasteiger partial charge in [0, 0.05) is 32.7 Å². The monoisotopic (exact) mass is 364 g/mol. The van der Waals surface area contributed by atoms with Crippen molar-refractivity contribution in [1.29, 1.82) is 0 Å². The minimum absolute atomic E-state index is 0.258. The summed E-state index contributed by atoms with van der Waals surface area (Å²) in [6.45, 7) is 11.3. The van der Waals surface area contributed by atoms with Crippen LogP contribution in [0.3, 0.4) is 0 Å². The number of ether oxygens (including phenoxy) is 2. The Labute approximate surface area is 154 Å². The molecule has 7 nitrogen and oxygen atoms in total. The van der Waals surface area contributed by atoms with Gasteiger partial charge in [-0.25, -0.2) is 9.59 Å². The van der Waals surface area contributed by atoms with E-state index in [1.165, 1.54) is 0 Å². The van der Waals surface area contributed by atoms with Gasteiger partial charge in [-0.15, -0.1) is 0 Å². The van der Waals surface area contributed by atoms with Crippen molar-refractivity contribution in [2.24, 2.45) is 0 Å². The van der Waals surface area contributed by atoms with Crippen molar-refractivity contribution < 1.29 is 24.2 Å². The van der Waals surface area contributed by atoms with E-state index in [0.717, 1.165) is 19.6 Å². The Hall–Kier alpha value is -2.28. The minimum Gasteiger partial charge on any atom is -0.492 e. The van der Waals surface area contributed by atoms with Crippen molar-refractivity contribution in [3.8, 4) is 5.75 Å². The number of aromatic carboxylic acids is 1. The summed E-state index contributed by atoms with van der Waals surface area (Å²) in [5.41, 5.74) is 0.488. The molecule has 1 fully saturated rings. The lowest BCUT2D eigenvalue weighted by molar-refractivity contribution is 0.0136. The van der Waals surface area contributed by atoms with Gasteiger partial charge in [0.1, 0.15) is 18.0 Å². The Morgan fingerprint density at radius 2 is 1.81 bits per heavy atom. The van der Waals surface area contributed by atoms with Gasteiger partial charge in [-0.3, -0.25) is 4.90 Å². The number of nitrogens with zero attached hydrogens (tertiary/aromatic N) is 2. The summed E-state index contributed by atoms with van der Waals surface area (Å²) in [5, 5.41) is 9.15. The normalized spacial score (nSPS) is 15.6. The molecule has 1 saturated heterocycles. The zero-order valence-electron chi connectivity index (χ0n) is 15.9. The van der Waals surface area contributed by atoms with Crippen LogP contribution < -0.4 is 4.74 Å². The molecule has 1 aliphatic heterocycles. The van der Waals surface area contributed by atoms with Crippen LogP contribution in [0.25, 0.3) is 0 Å². The highest BCUT2D eigenvalue weighted by atomic mass is 16.6. The van der Waals surface area contributed by atoms with Crippen LogP contribution in [0.15, 0.2) is 18.2 Å².